The molecule has 0 aliphatic carbocycles. The molecule has 0 aromatic carbocycles. The summed E-state index contributed by atoms with van der Waals surface area (Å²) in [5.41, 5.74) is 0.268. The van der Waals surface area contributed by atoms with E-state index in [4.69, 9.17) is 9.47 Å². The molecule has 0 spiro atoms. The van der Waals surface area contributed by atoms with Gasteiger partial charge in [0.25, 0.3) is 0 Å². The molecule has 0 fully saturated rings. The molecule has 0 amide bonds. The number of rotatable bonds is 8. The fraction of sp³-hybridized carbons (Fsp3) is 0.387. The highest BCUT2D eigenvalue weighted by molar-refractivity contribution is 8.47. The first kappa shape index (κ1) is 39.6. The summed E-state index contributed by atoms with van der Waals surface area (Å²) in [6.45, 7) is 0.635. The Morgan fingerprint density at radius 2 is 0.846 bits per heavy atom. The van der Waals surface area contributed by atoms with Crippen molar-refractivity contribution in [1.29, 1.82) is 0 Å². The Kier molecular flexibility index (Phi) is 14.2. The monoisotopic (exact) mass is 987 g/mol. The lowest BCUT2D eigenvalue weighted by Crippen LogP contribution is -2.18. The van der Waals surface area contributed by atoms with Crippen LogP contribution in [0, 0.1) is 0 Å². The van der Waals surface area contributed by atoms with E-state index in [1.165, 1.54) is 73.9 Å². The molecule has 2 atom stereocenters. The largest absolute Gasteiger partial charge is 0.461 e. The van der Waals surface area contributed by atoms with Gasteiger partial charge in [0.2, 0.25) is 0 Å². The molecule has 1 aromatic heterocycles. The van der Waals surface area contributed by atoms with Gasteiger partial charge < -0.3 is 9.47 Å². The van der Waals surface area contributed by atoms with Crippen molar-refractivity contribution in [3.63, 3.8) is 0 Å². The topological polar surface area (TPSA) is 65.5 Å². The number of hydrogen-bond donors (Lipinski definition) is 0. The first-order chi connectivity index (χ1) is 25.5. The molecule has 0 N–H and O–H groups in total. The van der Waals surface area contributed by atoms with Crippen LogP contribution < -0.4 is 0 Å². The predicted molar refractivity (Wildman–Crippen MR) is 254 cm³/mol. The van der Waals surface area contributed by atoms with Crippen molar-refractivity contribution in [3.8, 4) is 0 Å². The van der Waals surface area contributed by atoms with Gasteiger partial charge in [-0.15, -0.1) is 94.1 Å². The molecule has 0 saturated heterocycles. The number of hydrogen-bond acceptors (Lipinski definition) is 21. The van der Waals surface area contributed by atoms with Crippen molar-refractivity contribution in [3.05, 3.63) is 80.4 Å². The van der Waals surface area contributed by atoms with E-state index in [0.29, 0.717) is 23.7 Å². The zero-order valence-electron chi connectivity index (χ0n) is 26.6. The molecule has 8 aliphatic heterocycles. The van der Waals surface area contributed by atoms with Gasteiger partial charge >= 0.3 is 11.9 Å². The SMILES string of the molecule is O=C(OCCC1CSC2=C(SC(=C3SC4=C(SCCS4)S3)S2)S1)c1cccc(C(=O)OCCC2CSC3=C(SC(=C4SC5=C(SCCS5)S4)S3)S2)n1. The van der Waals surface area contributed by atoms with Crippen molar-refractivity contribution >= 4 is 200 Å². The molecule has 52 heavy (non-hydrogen) atoms. The smallest absolute Gasteiger partial charge is 0.356 e. The Morgan fingerprint density at radius 1 is 0.500 bits per heavy atom. The molecule has 274 valence electrons. The Hall–Kier alpha value is 2.13. The van der Waals surface area contributed by atoms with E-state index in [0.717, 1.165) is 24.3 Å². The molecule has 1 aromatic rings. The maximum absolute atomic E-state index is 12.9. The van der Waals surface area contributed by atoms with Crippen LogP contribution in [0.15, 0.2) is 69.0 Å². The number of carbonyl (C=O) groups excluding carboxylic acids is 2. The van der Waals surface area contributed by atoms with Gasteiger partial charge in [0.1, 0.15) is 11.4 Å². The number of nitrogens with zero attached hydrogens (tertiary/aromatic N) is 1. The summed E-state index contributed by atoms with van der Waals surface area (Å²) in [5.74, 6) is 5.80. The maximum Gasteiger partial charge on any atom is 0.356 e. The maximum atomic E-state index is 12.9. The third kappa shape index (κ3) is 9.44. The summed E-state index contributed by atoms with van der Waals surface area (Å²) in [6, 6.07) is 4.86. The Balaban J connectivity index is 0.697. The number of carbonyl (C=O) groups is 2. The highest BCUT2D eigenvalue weighted by Gasteiger charge is 2.37. The third-order valence-electron chi connectivity index (χ3n) is 7.44. The van der Waals surface area contributed by atoms with Crippen molar-refractivity contribution in [1.82, 2.24) is 4.98 Å². The number of aromatic nitrogens is 1. The molecule has 2 unspecified atom stereocenters. The van der Waals surface area contributed by atoms with E-state index >= 15 is 0 Å². The molecular formula is C31H25NO4S16. The Morgan fingerprint density at radius 3 is 1.23 bits per heavy atom. The van der Waals surface area contributed by atoms with Crippen LogP contribution in [0.5, 0.6) is 0 Å². The zero-order chi connectivity index (χ0) is 35.0. The van der Waals surface area contributed by atoms with Gasteiger partial charge in [0.05, 0.1) is 64.1 Å². The standard InChI is InChI=1S/C31H25NO4S16/c33-18(35-6-4-14-12-41-24-26(43-14)51-30(49-24)28-45-20-21(46-28)38-9-8-37-20)16-2-1-3-17(32-16)19(34)36-7-5-15-13-42-25-27(44-15)52-31(50-25)29-47-22-23(48-29)40-11-10-39-22/h1-3,14-15H,4-13H2. The summed E-state index contributed by atoms with van der Waals surface area (Å²) < 4.78 is 28.5. The van der Waals surface area contributed by atoms with E-state index in [2.05, 4.69) is 4.98 Å². The van der Waals surface area contributed by atoms with Gasteiger partial charge in [0.15, 0.2) is 0 Å². The molecular weight excluding hydrogens is 963 g/mol. The Labute approximate surface area is 370 Å². The summed E-state index contributed by atoms with van der Waals surface area (Å²) in [6.07, 6.45) is 1.54. The van der Waals surface area contributed by atoms with Crippen LogP contribution in [-0.4, -0.2) is 75.2 Å². The van der Waals surface area contributed by atoms with Crippen LogP contribution >= 0.6 is 188 Å². The predicted octanol–water partition coefficient (Wildman–Crippen LogP) is 13.5. The second-order valence-electron chi connectivity index (χ2n) is 11.0. The van der Waals surface area contributed by atoms with Crippen LogP contribution in [-0.2, 0) is 9.47 Å². The zero-order valence-corrected chi connectivity index (χ0v) is 39.6. The third-order valence-corrected chi connectivity index (χ3v) is 32.3. The second-order valence-corrected chi connectivity index (χ2v) is 31.4. The summed E-state index contributed by atoms with van der Waals surface area (Å²) >= 11 is 31.1. The highest BCUT2D eigenvalue weighted by Crippen LogP contribution is 2.70. The fourth-order valence-corrected chi connectivity index (χ4v) is 30.3. The lowest BCUT2D eigenvalue weighted by atomic mass is 10.3. The van der Waals surface area contributed by atoms with Gasteiger partial charge in [-0.25, -0.2) is 14.6 Å². The molecule has 9 rings (SSSR count). The average molecular weight is 989 g/mol. The number of esters is 2. The summed E-state index contributed by atoms with van der Waals surface area (Å²) in [7, 11) is 0. The normalized spacial score (nSPS) is 25.9. The minimum atomic E-state index is -0.507. The van der Waals surface area contributed by atoms with Gasteiger partial charge in [-0.05, 0) is 25.0 Å². The van der Waals surface area contributed by atoms with Gasteiger partial charge in [-0.3, -0.25) is 0 Å². The van der Waals surface area contributed by atoms with Crippen LogP contribution in [0.25, 0.3) is 0 Å². The van der Waals surface area contributed by atoms with Crippen LogP contribution in [0.3, 0.4) is 0 Å². The average Bonchev–Trinajstić information content (AvgIpc) is 3.98. The second kappa shape index (κ2) is 18.6. The molecule has 0 bridgehead atoms. The van der Waals surface area contributed by atoms with Gasteiger partial charge in [-0.1, -0.05) is 100 Å². The van der Waals surface area contributed by atoms with Crippen LogP contribution in [0.2, 0.25) is 0 Å². The first-order valence-corrected chi connectivity index (χ1v) is 30.0. The fourth-order valence-electron chi connectivity index (χ4n) is 5.00. The van der Waals surface area contributed by atoms with Crippen molar-refractivity contribution < 1.29 is 19.1 Å². The molecule has 0 radical (unpaired) electrons. The lowest BCUT2D eigenvalue weighted by molar-refractivity contribution is 0.0486. The molecule has 0 saturated carbocycles. The first-order valence-electron chi connectivity index (χ1n) is 15.8. The highest BCUT2D eigenvalue weighted by atomic mass is 32.3. The minimum Gasteiger partial charge on any atom is -0.461 e. The van der Waals surface area contributed by atoms with E-state index in [9.17, 15) is 9.59 Å². The van der Waals surface area contributed by atoms with E-state index in [1.54, 1.807) is 18.2 Å². The summed E-state index contributed by atoms with van der Waals surface area (Å²) in [4.78, 5) is 30.1. The van der Waals surface area contributed by atoms with Gasteiger partial charge in [-0.2, -0.15) is 0 Å². The summed E-state index contributed by atoms with van der Waals surface area (Å²) in [5, 5.41) is 0.758. The van der Waals surface area contributed by atoms with E-state index in [1.807, 2.05) is 188 Å². The van der Waals surface area contributed by atoms with Crippen molar-refractivity contribution in [2.75, 3.05) is 47.7 Å². The lowest BCUT2D eigenvalue weighted by Gasteiger charge is -2.21. The number of ether oxygens (including phenoxy) is 2. The van der Waals surface area contributed by atoms with Crippen molar-refractivity contribution in [2.45, 2.75) is 23.3 Å². The van der Waals surface area contributed by atoms with E-state index < -0.39 is 11.9 Å². The van der Waals surface area contributed by atoms with E-state index in [-0.39, 0.29) is 11.4 Å². The minimum absolute atomic E-state index is 0.134. The number of thioether (sulfide) groups is 16. The molecule has 9 heterocycles. The Bertz CT molecular complexity index is 1720. The van der Waals surface area contributed by atoms with Crippen molar-refractivity contribution in [2.24, 2.45) is 0 Å². The van der Waals surface area contributed by atoms with Crippen LogP contribution in [0.1, 0.15) is 33.8 Å². The quantitative estimate of drug-likeness (QED) is 0.232. The molecule has 21 heteroatoms. The molecule has 5 nitrogen and oxygen atoms in total. The van der Waals surface area contributed by atoms with Crippen LogP contribution in [0.4, 0.5) is 0 Å². The molecule has 8 aliphatic rings. The number of pyridine rings is 1. The van der Waals surface area contributed by atoms with Gasteiger partial charge in [0, 0.05) is 45.0 Å².